The maximum absolute atomic E-state index is 12.1. The Hall–Kier alpha value is -2.22. The Labute approximate surface area is 147 Å². The van der Waals surface area contributed by atoms with Crippen molar-refractivity contribution in [2.24, 2.45) is 0 Å². The minimum Gasteiger partial charge on any atom is -0.354 e. The predicted octanol–water partition coefficient (Wildman–Crippen LogP) is 0.0878. The van der Waals surface area contributed by atoms with Gasteiger partial charge in [0, 0.05) is 37.8 Å². The fourth-order valence-electron chi connectivity index (χ4n) is 2.78. The summed E-state index contributed by atoms with van der Waals surface area (Å²) in [5, 5.41) is 10.1. The lowest BCUT2D eigenvalue weighted by Crippen LogP contribution is -2.53. The highest BCUT2D eigenvalue weighted by Gasteiger charge is 2.25. The summed E-state index contributed by atoms with van der Waals surface area (Å²) in [7, 11) is 0. The van der Waals surface area contributed by atoms with Crippen LogP contribution in [0.25, 0.3) is 0 Å². The van der Waals surface area contributed by atoms with Crippen LogP contribution in [0.5, 0.6) is 0 Å². The molecule has 2 rings (SSSR count). The van der Waals surface area contributed by atoms with Gasteiger partial charge in [0.05, 0.1) is 6.67 Å². The van der Waals surface area contributed by atoms with E-state index in [2.05, 4.69) is 22.7 Å². The van der Waals surface area contributed by atoms with Gasteiger partial charge in [-0.2, -0.15) is 5.10 Å². The number of aryl methyl sites for hydroxylation is 1. The number of unbranched alkanes of at least 4 members (excludes halogenated alkanes) is 1. The Kier molecular flexibility index (Phi) is 7.59. The van der Waals surface area contributed by atoms with E-state index in [0.29, 0.717) is 32.6 Å². The summed E-state index contributed by atoms with van der Waals surface area (Å²) in [5.74, 6) is -0.162. The molecule has 1 unspecified atom stereocenters. The van der Waals surface area contributed by atoms with Gasteiger partial charge in [-0.1, -0.05) is 19.8 Å². The molecule has 1 fully saturated rings. The highest BCUT2D eigenvalue weighted by Crippen LogP contribution is 2.11. The van der Waals surface area contributed by atoms with Crippen molar-refractivity contribution in [3.63, 3.8) is 0 Å². The number of carbonyl (C=O) groups is 2. The molecule has 1 atom stereocenters. The molecule has 1 aromatic heterocycles. The van der Waals surface area contributed by atoms with E-state index in [1.165, 1.54) is 10.7 Å². The lowest BCUT2D eigenvalue weighted by atomic mass is 10.0. The molecule has 2 amide bonds. The Bertz CT molecular complexity index is 631. The number of nitrogens with one attached hydrogen (secondary N) is 2. The first-order valence-electron chi connectivity index (χ1n) is 8.90. The zero-order valence-electron chi connectivity index (χ0n) is 14.7. The van der Waals surface area contributed by atoms with Crippen molar-refractivity contribution >= 4 is 11.8 Å². The average molecular weight is 349 g/mol. The molecule has 25 heavy (non-hydrogen) atoms. The Balaban J connectivity index is 1.64. The van der Waals surface area contributed by atoms with Crippen molar-refractivity contribution in [2.45, 2.75) is 51.6 Å². The molecular weight excluding hydrogens is 322 g/mol. The molecule has 0 spiro atoms. The van der Waals surface area contributed by atoms with Crippen LogP contribution in [0.4, 0.5) is 0 Å². The summed E-state index contributed by atoms with van der Waals surface area (Å²) in [6.07, 6.45) is 5.83. The zero-order valence-corrected chi connectivity index (χ0v) is 14.7. The third-order valence-electron chi connectivity index (χ3n) is 4.24. The van der Waals surface area contributed by atoms with Crippen LogP contribution in [0.1, 0.15) is 39.0 Å². The topological polar surface area (TPSA) is 96.3 Å². The van der Waals surface area contributed by atoms with Crippen molar-refractivity contribution in [3.05, 3.63) is 28.7 Å². The first kappa shape index (κ1) is 19.1. The number of hydrogen-bond donors (Lipinski definition) is 2. The summed E-state index contributed by atoms with van der Waals surface area (Å²) in [6.45, 7) is 3.51. The van der Waals surface area contributed by atoms with Gasteiger partial charge >= 0.3 is 0 Å². The number of carbonyl (C=O) groups excluding carboxylic acids is 2. The summed E-state index contributed by atoms with van der Waals surface area (Å²) < 4.78 is 1.36. The van der Waals surface area contributed by atoms with E-state index in [9.17, 15) is 14.4 Å². The Morgan fingerprint density at radius 1 is 1.40 bits per heavy atom. The molecule has 0 radical (unpaired) electrons. The van der Waals surface area contributed by atoms with Gasteiger partial charge in [-0.3, -0.25) is 19.7 Å². The number of nitrogens with zero attached hydrogens (tertiary/aromatic N) is 3. The van der Waals surface area contributed by atoms with E-state index in [1.54, 1.807) is 17.2 Å². The molecule has 0 bridgehead atoms. The number of aromatic nitrogens is 2. The average Bonchev–Trinajstić information content (AvgIpc) is 2.60. The second-order valence-electron chi connectivity index (χ2n) is 6.29. The zero-order chi connectivity index (χ0) is 18.1. The van der Waals surface area contributed by atoms with Gasteiger partial charge in [0.25, 0.3) is 5.56 Å². The quantitative estimate of drug-likeness (QED) is 0.616. The van der Waals surface area contributed by atoms with Gasteiger partial charge < -0.3 is 10.2 Å². The van der Waals surface area contributed by atoms with Gasteiger partial charge in [0.15, 0.2) is 0 Å². The highest BCUT2D eigenvalue weighted by atomic mass is 16.2. The van der Waals surface area contributed by atoms with Crippen molar-refractivity contribution in [1.82, 2.24) is 25.3 Å². The van der Waals surface area contributed by atoms with Gasteiger partial charge in [-0.15, -0.1) is 0 Å². The molecular formula is C17H27N5O3. The Morgan fingerprint density at radius 3 is 2.96 bits per heavy atom. The normalized spacial score (nSPS) is 17.6. The molecule has 1 aliphatic heterocycles. The lowest BCUT2D eigenvalue weighted by molar-refractivity contribution is -0.139. The van der Waals surface area contributed by atoms with Crippen LogP contribution in [-0.4, -0.2) is 52.3 Å². The number of rotatable bonds is 9. The largest absolute Gasteiger partial charge is 0.354 e. The van der Waals surface area contributed by atoms with Gasteiger partial charge in [0.2, 0.25) is 11.8 Å². The van der Waals surface area contributed by atoms with Gasteiger partial charge in [-0.05, 0) is 18.9 Å². The molecule has 2 heterocycles. The first-order chi connectivity index (χ1) is 12.1. The van der Waals surface area contributed by atoms with Crippen molar-refractivity contribution in [1.29, 1.82) is 0 Å². The van der Waals surface area contributed by atoms with Crippen LogP contribution in [-0.2, 0) is 16.1 Å². The minimum atomic E-state index is -0.185. The molecule has 1 aliphatic rings. The number of hydrogen-bond acceptors (Lipinski definition) is 5. The molecule has 8 nitrogen and oxygen atoms in total. The van der Waals surface area contributed by atoms with Crippen LogP contribution in [0, 0.1) is 0 Å². The summed E-state index contributed by atoms with van der Waals surface area (Å²) >= 11 is 0. The molecule has 0 aromatic carbocycles. The van der Waals surface area contributed by atoms with Crippen LogP contribution < -0.4 is 16.2 Å². The fourth-order valence-corrected chi connectivity index (χ4v) is 2.78. The molecule has 8 heteroatoms. The first-order valence-corrected chi connectivity index (χ1v) is 8.90. The molecule has 1 saturated heterocycles. The van der Waals surface area contributed by atoms with Crippen molar-refractivity contribution in [2.75, 3.05) is 19.8 Å². The van der Waals surface area contributed by atoms with Gasteiger partial charge in [0.1, 0.15) is 6.54 Å². The summed E-state index contributed by atoms with van der Waals surface area (Å²) in [6, 6.07) is 3.27. The van der Waals surface area contributed by atoms with Crippen LogP contribution >= 0.6 is 0 Å². The number of amides is 2. The van der Waals surface area contributed by atoms with Gasteiger partial charge in [-0.25, -0.2) is 4.68 Å². The Morgan fingerprint density at radius 2 is 2.24 bits per heavy atom. The summed E-state index contributed by atoms with van der Waals surface area (Å²) in [5.41, 5.74) is -0.156. The van der Waals surface area contributed by atoms with E-state index in [1.807, 2.05) is 0 Å². The van der Waals surface area contributed by atoms with Crippen molar-refractivity contribution in [3.8, 4) is 0 Å². The lowest BCUT2D eigenvalue weighted by Gasteiger charge is -2.32. The molecule has 138 valence electrons. The fraction of sp³-hybridized carbons (Fsp3) is 0.647. The van der Waals surface area contributed by atoms with E-state index in [-0.39, 0.29) is 30.0 Å². The monoisotopic (exact) mass is 349 g/mol. The van der Waals surface area contributed by atoms with E-state index >= 15 is 0 Å². The van der Waals surface area contributed by atoms with E-state index in [0.717, 1.165) is 19.3 Å². The molecule has 0 saturated carbocycles. The third kappa shape index (κ3) is 6.30. The third-order valence-corrected chi connectivity index (χ3v) is 4.24. The smallest absolute Gasteiger partial charge is 0.266 e. The maximum Gasteiger partial charge on any atom is 0.266 e. The maximum atomic E-state index is 12.1. The SMILES string of the molecule is CCCCC1CC(=O)N(CC(=O)NCCCn2ncccc2=O)CN1. The van der Waals surface area contributed by atoms with Crippen LogP contribution in [0.3, 0.4) is 0 Å². The van der Waals surface area contributed by atoms with E-state index < -0.39 is 0 Å². The highest BCUT2D eigenvalue weighted by molar-refractivity contribution is 5.85. The predicted molar refractivity (Wildman–Crippen MR) is 93.8 cm³/mol. The van der Waals surface area contributed by atoms with Crippen LogP contribution in [0.2, 0.25) is 0 Å². The van der Waals surface area contributed by atoms with E-state index in [4.69, 9.17) is 0 Å². The minimum absolute atomic E-state index is 0.0232. The van der Waals surface area contributed by atoms with Crippen molar-refractivity contribution < 1.29 is 9.59 Å². The molecule has 0 aliphatic carbocycles. The standard InChI is InChI=1S/C17H27N5O3/c1-2-3-6-14-11-17(25)21(13-19-14)12-15(23)18-8-5-10-22-16(24)7-4-9-20-22/h4,7,9,14,19H,2-3,5-6,8,10-13H2,1H3,(H,18,23). The molecule has 2 N–H and O–H groups in total. The second kappa shape index (κ2) is 9.93. The molecule has 1 aromatic rings. The van der Waals surface area contributed by atoms with Crippen LogP contribution in [0.15, 0.2) is 23.1 Å². The summed E-state index contributed by atoms with van der Waals surface area (Å²) in [4.78, 5) is 37.1. The second-order valence-corrected chi connectivity index (χ2v) is 6.29.